The van der Waals surface area contributed by atoms with Crippen LogP contribution in [0, 0.1) is 0 Å². The Kier molecular flexibility index (Phi) is 2.10. The van der Waals surface area contributed by atoms with Crippen LogP contribution in [0.2, 0.25) is 0 Å². The van der Waals surface area contributed by atoms with E-state index in [-0.39, 0.29) is 5.97 Å². The van der Waals surface area contributed by atoms with Crippen molar-refractivity contribution >= 4 is 5.97 Å². The highest BCUT2D eigenvalue weighted by Gasteiger charge is 2.20. The molecule has 1 rings (SSSR count). The molecule has 0 bridgehead atoms. The molecule has 2 nitrogen and oxygen atoms in total. The van der Waals surface area contributed by atoms with Crippen LogP contribution >= 0.6 is 0 Å². The van der Waals surface area contributed by atoms with Crippen LogP contribution in [0.4, 0.5) is 0 Å². The normalized spacial score (nSPS) is 16.6. The number of carbonyl (C=O) groups is 1. The van der Waals surface area contributed by atoms with Gasteiger partial charge in [0, 0.05) is 5.57 Å². The lowest BCUT2D eigenvalue weighted by Gasteiger charge is -2.18. The number of rotatable bonds is 2. The Morgan fingerprint density at radius 2 is 2.30 bits per heavy atom. The summed E-state index contributed by atoms with van der Waals surface area (Å²) in [5, 5.41) is 0. The van der Waals surface area contributed by atoms with Crippen molar-refractivity contribution < 1.29 is 9.53 Å². The fourth-order valence-corrected chi connectivity index (χ4v) is 0.995. The van der Waals surface area contributed by atoms with Gasteiger partial charge in [0.25, 0.3) is 0 Å². The summed E-state index contributed by atoms with van der Waals surface area (Å²) in [5.74, 6) is -0.119. The predicted molar refractivity (Wildman–Crippen MR) is 38.6 cm³/mol. The van der Waals surface area contributed by atoms with Crippen LogP contribution in [0.5, 0.6) is 0 Å². The molecule has 0 aliphatic heterocycles. The van der Waals surface area contributed by atoms with E-state index in [0.717, 1.165) is 18.4 Å². The lowest BCUT2D eigenvalue weighted by Crippen LogP contribution is -2.15. The maximum atomic E-state index is 11.0. The van der Waals surface area contributed by atoms with Crippen molar-refractivity contribution in [1.29, 1.82) is 0 Å². The van der Waals surface area contributed by atoms with E-state index >= 15 is 0 Å². The maximum Gasteiger partial charge on any atom is 0.333 e. The third kappa shape index (κ3) is 1.20. The minimum atomic E-state index is -0.119. The first-order chi connectivity index (χ1) is 4.75. The van der Waals surface area contributed by atoms with Crippen molar-refractivity contribution in [3.63, 3.8) is 0 Å². The third-order valence-corrected chi connectivity index (χ3v) is 1.79. The smallest absolute Gasteiger partial charge is 0.333 e. The van der Waals surface area contributed by atoms with Crippen LogP contribution in [0.15, 0.2) is 11.1 Å². The molecule has 0 aromatic rings. The molecule has 0 aromatic heterocycles. The summed E-state index contributed by atoms with van der Waals surface area (Å²) in [7, 11) is 0. The SMILES string of the molecule is CCOC(=O)C1=C(C)CC1. The molecular weight excluding hydrogens is 128 g/mol. The molecule has 1 aliphatic rings. The molecule has 0 saturated carbocycles. The second-order valence-electron chi connectivity index (χ2n) is 2.48. The van der Waals surface area contributed by atoms with Crippen molar-refractivity contribution in [3.05, 3.63) is 11.1 Å². The highest BCUT2D eigenvalue weighted by molar-refractivity contribution is 5.90. The summed E-state index contributed by atoms with van der Waals surface area (Å²) in [6.07, 6.45) is 1.97. The average molecular weight is 140 g/mol. The number of hydrogen-bond acceptors (Lipinski definition) is 2. The molecular formula is C8H12O2. The number of ether oxygens (including phenoxy) is 1. The van der Waals surface area contributed by atoms with Gasteiger partial charge in [0.15, 0.2) is 0 Å². The molecule has 0 saturated heterocycles. The van der Waals surface area contributed by atoms with Crippen molar-refractivity contribution in [2.75, 3.05) is 6.61 Å². The van der Waals surface area contributed by atoms with E-state index < -0.39 is 0 Å². The molecule has 0 radical (unpaired) electrons. The van der Waals surface area contributed by atoms with Gasteiger partial charge >= 0.3 is 5.97 Å². The van der Waals surface area contributed by atoms with Gasteiger partial charge in [0.2, 0.25) is 0 Å². The lowest BCUT2D eigenvalue weighted by molar-refractivity contribution is -0.139. The Morgan fingerprint density at radius 3 is 2.60 bits per heavy atom. The number of carbonyl (C=O) groups excluding carboxylic acids is 1. The van der Waals surface area contributed by atoms with E-state index in [1.165, 1.54) is 5.57 Å². The number of allylic oxidation sites excluding steroid dienone is 1. The van der Waals surface area contributed by atoms with Gasteiger partial charge in [-0.2, -0.15) is 0 Å². The van der Waals surface area contributed by atoms with E-state index in [2.05, 4.69) is 0 Å². The van der Waals surface area contributed by atoms with Gasteiger partial charge < -0.3 is 4.74 Å². The molecule has 0 atom stereocenters. The fraction of sp³-hybridized carbons (Fsp3) is 0.625. The van der Waals surface area contributed by atoms with E-state index in [9.17, 15) is 4.79 Å². The minimum Gasteiger partial charge on any atom is -0.463 e. The first kappa shape index (κ1) is 7.32. The Bertz CT molecular complexity index is 180. The largest absolute Gasteiger partial charge is 0.463 e. The zero-order chi connectivity index (χ0) is 7.56. The summed E-state index contributed by atoms with van der Waals surface area (Å²) >= 11 is 0. The maximum absolute atomic E-state index is 11.0. The standard InChI is InChI=1S/C8H12O2/c1-3-10-8(9)7-5-4-6(7)2/h3-5H2,1-2H3. The van der Waals surface area contributed by atoms with E-state index in [0.29, 0.717) is 6.61 Å². The van der Waals surface area contributed by atoms with E-state index in [4.69, 9.17) is 4.74 Å². The fourth-order valence-electron chi connectivity index (χ4n) is 0.995. The molecule has 0 aromatic carbocycles. The molecule has 0 N–H and O–H groups in total. The Labute approximate surface area is 60.9 Å². The van der Waals surface area contributed by atoms with Crippen molar-refractivity contribution in [2.45, 2.75) is 26.7 Å². The van der Waals surface area contributed by atoms with Crippen LogP contribution in [-0.2, 0) is 9.53 Å². The second-order valence-corrected chi connectivity index (χ2v) is 2.48. The summed E-state index contributed by atoms with van der Waals surface area (Å²) in [6.45, 7) is 4.29. The van der Waals surface area contributed by atoms with Crippen molar-refractivity contribution in [2.24, 2.45) is 0 Å². The van der Waals surface area contributed by atoms with Crippen LogP contribution in [-0.4, -0.2) is 12.6 Å². The molecule has 0 spiro atoms. The van der Waals surface area contributed by atoms with Crippen LogP contribution in [0.25, 0.3) is 0 Å². The van der Waals surface area contributed by atoms with Crippen LogP contribution in [0.1, 0.15) is 26.7 Å². The lowest BCUT2D eigenvalue weighted by atomic mass is 9.90. The summed E-state index contributed by atoms with van der Waals surface area (Å²) in [4.78, 5) is 11.0. The Hall–Kier alpha value is -0.790. The van der Waals surface area contributed by atoms with Crippen molar-refractivity contribution in [1.82, 2.24) is 0 Å². The predicted octanol–water partition coefficient (Wildman–Crippen LogP) is 1.66. The third-order valence-electron chi connectivity index (χ3n) is 1.79. The highest BCUT2D eigenvalue weighted by atomic mass is 16.5. The van der Waals surface area contributed by atoms with Gasteiger partial charge in [-0.3, -0.25) is 0 Å². The summed E-state index contributed by atoms with van der Waals surface area (Å²) < 4.78 is 4.82. The molecule has 0 amide bonds. The van der Waals surface area contributed by atoms with Gasteiger partial charge in [0.1, 0.15) is 0 Å². The molecule has 0 fully saturated rings. The molecule has 10 heavy (non-hydrogen) atoms. The van der Waals surface area contributed by atoms with Crippen LogP contribution in [0.3, 0.4) is 0 Å². The summed E-state index contributed by atoms with van der Waals surface area (Å²) in [5.41, 5.74) is 2.08. The second kappa shape index (κ2) is 2.86. The molecule has 0 heterocycles. The van der Waals surface area contributed by atoms with E-state index in [1.54, 1.807) is 0 Å². The Morgan fingerprint density at radius 1 is 1.60 bits per heavy atom. The minimum absolute atomic E-state index is 0.119. The summed E-state index contributed by atoms with van der Waals surface area (Å²) in [6, 6.07) is 0. The first-order valence-corrected chi connectivity index (χ1v) is 3.61. The van der Waals surface area contributed by atoms with E-state index in [1.807, 2.05) is 13.8 Å². The first-order valence-electron chi connectivity index (χ1n) is 3.61. The Balaban J connectivity index is 2.50. The van der Waals surface area contributed by atoms with Gasteiger partial charge in [-0.15, -0.1) is 0 Å². The average Bonchev–Trinajstić information content (AvgIpc) is 1.85. The molecule has 1 aliphatic carbocycles. The quantitative estimate of drug-likeness (QED) is 0.545. The number of esters is 1. The number of hydrogen-bond donors (Lipinski definition) is 0. The monoisotopic (exact) mass is 140 g/mol. The van der Waals surface area contributed by atoms with Gasteiger partial charge in [0.05, 0.1) is 6.61 Å². The van der Waals surface area contributed by atoms with Gasteiger partial charge in [-0.05, 0) is 26.7 Å². The molecule has 0 unspecified atom stereocenters. The zero-order valence-corrected chi connectivity index (χ0v) is 6.44. The van der Waals surface area contributed by atoms with Gasteiger partial charge in [-0.25, -0.2) is 4.79 Å². The van der Waals surface area contributed by atoms with Gasteiger partial charge in [-0.1, -0.05) is 5.57 Å². The highest BCUT2D eigenvalue weighted by Crippen LogP contribution is 2.27. The molecule has 2 heteroatoms. The van der Waals surface area contributed by atoms with Crippen LogP contribution < -0.4 is 0 Å². The molecule has 56 valence electrons. The zero-order valence-electron chi connectivity index (χ0n) is 6.44. The van der Waals surface area contributed by atoms with Crippen molar-refractivity contribution in [3.8, 4) is 0 Å². The topological polar surface area (TPSA) is 26.3 Å².